The molecule has 0 N–H and O–H groups in total. The average molecular weight is 162 g/mol. The number of ether oxygens (including phenoxy) is 1. The molecule has 0 aliphatic rings. The summed E-state index contributed by atoms with van der Waals surface area (Å²) in [5.74, 6) is 0.771. The minimum atomic E-state index is 0.160. The molecule has 0 saturated carbocycles. The SMILES string of the molecule is CC(=O)SCCOC(C)C. The molecule has 0 unspecified atom stereocenters. The Balaban J connectivity index is 2.98. The molecule has 0 heterocycles. The van der Waals surface area contributed by atoms with Crippen LogP contribution in [0.5, 0.6) is 0 Å². The van der Waals surface area contributed by atoms with Crippen LogP contribution in [0.3, 0.4) is 0 Å². The van der Waals surface area contributed by atoms with Crippen LogP contribution < -0.4 is 0 Å². The number of thioether (sulfide) groups is 1. The van der Waals surface area contributed by atoms with Crippen LogP contribution in [0.1, 0.15) is 20.8 Å². The number of rotatable bonds is 4. The van der Waals surface area contributed by atoms with E-state index in [0.717, 1.165) is 5.75 Å². The van der Waals surface area contributed by atoms with Gasteiger partial charge in [-0.15, -0.1) is 0 Å². The van der Waals surface area contributed by atoms with E-state index in [2.05, 4.69) is 0 Å². The van der Waals surface area contributed by atoms with Gasteiger partial charge in [0.25, 0.3) is 0 Å². The van der Waals surface area contributed by atoms with Crippen LogP contribution in [0.15, 0.2) is 0 Å². The summed E-state index contributed by atoms with van der Waals surface area (Å²) < 4.78 is 5.22. The van der Waals surface area contributed by atoms with Gasteiger partial charge in [-0.2, -0.15) is 0 Å². The molecule has 0 rings (SSSR count). The van der Waals surface area contributed by atoms with Crippen molar-refractivity contribution in [2.45, 2.75) is 26.9 Å². The number of hydrogen-bond acceptors (Lipinski definition) is 3. The van der Waals surface area contributed by atoms with Crippen molar-refractivity contribution in [3.63, 3.8) is 0 Å². The maximum absolute atomic E-state index is 10.4. The Morgan fingerprint density at radius 1 is 1.60 bits per heavy atom. The topological polar surface area (TPSA) is 26.3 Å². The summed E-state index contributed by atoms with van der Waals surface area (Å²) in [6.07, 6.45) is 0.271. The maximum Gasteiger partial charge on any atom is 0.185 e. The molecular formula is C7H14O2S. The highest BCUT2D eigenvalue weighted by molar-refractivity contribution is 8.13. The maximum atomic E-state index is 10.4. The Morgan fingerprint density at radius 3 is 2.60 bits per heavy atom. The Kier molecular flexibility index (Phi) is 5.73. The highest BCUT2D eigenvalue weighted by Crippen LogP contribution is 2.00. The third kappa shape index (κ3) is 7.98. The second-order valence-electron chi connectivity index (χ2n) is 2.26. The number of carbonyl (C=O) groups is 1. The van der Waals surface area contributed by atoms with Gasteiger partial charge < -0.3 is 4.74 Å². The summed E-state index contributed by atoms with van der Waals surface area (Å²) in [5, 5.41) is 0.160. The van der Waals surface area contributed by atoms with Crippen LogP contribution >= 0.6 is 11.8 Å². The Hall–Kier alpha value is -0.0200. The smallest absolute Gasteiger partial charge is 0.185 e. The molecule has 0 aliphatic carbocycles. The molecule has 0 saturated heterocycles. The first kappa shape index (κ1) is 9.98. The molecule has 0 bridgehead atoms. The van der Waals surface area contributed by atoms with E-state index in [0.29, 0.717) is 6.61 Å². The molecule has 0 spiro atoms. The second-order valence-corrected chi connectivity index (χ2v) is 3.53. The zero-order valence-electron chi connectivity index (χ0n) is 6.72. The van der Waals surface area contributed by atoms with Crippen molar-refractivity contribution in [3.05, 3.63) is 0 Å². The van der Waals surface area contributed by atoms with Gasteiger partial charge in [-0.1, -0.05) is 11.8 Å². The van der Waals surface area contributed by atoms with Crippen LogP contribution in [0.2, 0.25) is 0 Å². The van der Waals surface area contributed by atoms with Gasteiger partial charge in [0.2, 0.25) is 0 Å². The lowest BCUT2D eigenvalue weighted by Crippen LogP contribution is -2.06. The number of hydrogen-bond donors (Lipinski definition) is 0. The largest absolute Gasteiger partial charge is 0.378 e. The molecule has 0 aromatic carbocycles. The minimum Gasteiger partial charge on any atom is -0.378 e. The normalized spacial score (nSPS) is 10.4. The third-order valence-corrected chi connectivity index (χ3v) is 1.62. The van der Waals surface area contributed by atoms with Gasteiger partial charge in [-0.3, -0.25) is 4.79 Å². The van der Waals surface area contributed by atoms with Gasteiger partial charge in [0.15, 0.2) is 5.12 Å². The Labute approximate surface area is 66.3 Å². The monoisotopic (exact) mass is 162 g/mol. The summed E-state index contributed by atoms with van der Waals surface area (Å²) in [6.45, 7) is 6.21. The quantitative estimate of drug-likeness (QED) is 0.588. The fraction of sp³-hybridized carbons (Fsp3) is 0.857. The average Bonchev–Trinajstić information content (AvgIpc) is 1.79. The molecule has 3 heteroatoms. The van der Waals surface area contributed by atoms with Crippen LogP contribution in [0, 0.1) is 0 Å². The lowest BCUT2D eigenvalue weighted by Gasteiger charge is -2.04. The van der Waals surface area contributed by atoms with Gasteiger partial charge in [0.1, 0.15) is 0 Å². The van der Waals surface area contributed by atoms with E-state index >= 15 is 0 Å². The summed E-state index contributed by atoms with van der Waals surface area (Å²) in [4.78, 5) is 10.4. The molecule has 0 fully saturated rings. The minimum absolute atomic E-state index is 0.160. The molecule has 0 radical (unpaired) electrons. The van der Waals surface area contributed by atoms with E-state index in [1.165, 1.54) is 11.8 Å². The molecule has 0 atom stereocenters. The van der Waals surface area contributed by atoms with Gasteiger partial charge in [0.05, 0.1) is 12.7 Å². The predicted molar refractivity (Wildman–Crippen MR) is 44.2 cm³/mol. The Morgan fingerprint density at radius 2 is 2.20 bits per heavy atom. The highest BCUT2D eigenvalue weighted by Gasteiger charge is 1.95. The molecule has 0 aromatic heterocycles. The van der Waals surface area contributed by atoms with E-state index in [9.17, 15) is 4.79 Å². The third-order valence-electron chi connectivity index (χ3n) is 0.840. The predicted octanol–water partition coefficient (Wildman–Crippen LogP) is 1.69. The fourth-order valence-electron chi connectivity index (χ4n) is 0.469. The van der Waals surface area contributed by atoms with Gasteiger partial charge >= 0.3 is 0 Å². The van der Waals surface area contributed by atoms with Crippen molar-refractivity contribution in [2.75, 3.05) is 12.4 Å². The van der Waals surface area contributed by atoms with Crippen molar-refractivity contribution in [2.24, 2.45) is 0 Å². The second kappa shape index (κ2) is 5.74. The van der Waals surface area contributed by atoms with Crippen LogP contribution in [-0.4, -0.2) is 23.6 Å². The van der Waals surface area contributed by atoms with Gasteiger partial charge in [0, 0.05) is 12.7 Å². The molecular weight excluding hydrogens is 148 g/mol. The van der Waals surface area contributed by atoms with Crippen molar-refractivity contribution in [3.8, 4) is 0 Å². The van der Waals surface area contributed by atoms with E-state index in [1.54, 1.807) is 6.92 Å². The first-order valence-electron chi connectivity index (χ1n) is 3.38. The van der Waals surface area contributed by atoms with E-state index < -0.39 is 0 Å². The van der Waals surface area contributed by atoms with Gasteiger partial charge in [-0.05, 0) is 13.8 Å². The summed E-state index contributed by atoms with van der Waals surface area (Å²) in [5.41, 5.74) is 0. The summed E-state index contributed by atoms with van der Waals surface area (Å²) in [6, 6.07) is 0. The van der Waals surface area contributed by atoms with E-state index in [1.807, 2.05) is 13.8 Å². The molecule has 0 aliphatic heterocycles. The molecule has 2 nitrogen and oxygen atoms in total. The molecule has 10 heavy (non-hydrogen) atoms. The van der Waals surface area contributed by atoms with E-state index in [4.69, 9.17) is 4.74 Å². The fourth-order valence-corrected chi connectivity index (χ4v) is 0.936. The van der Waals surface area contributed by atoms with Crippen molar-refractivity contribution in [1.29, 1.82) is 0 Å². The van der Waals surface area contributed by atoms with Crippen LogP contribution in [-0.2, 0) is 9.53 Å². The van der Waals surface area contributed by atoms with Crippen LogP contribution in [0.25, 0.3) is 0 Å². The molecule has 0 amide bonds. The molecule has 60 valence electrons. The van der Waals surface area contributed by atoms with Crippen molar-refractivity contribution < 1.29 is 9.53 Å². The standard InChI is InChI=1S/C7H14O2S/c1-6(2)9-4-5-10-7(3)8/h6H,4-5H2,1-3H3. The van der Waals surface area contributed by atoms with E-state index in [-0.39, 0.29) is 11.2 Å². The van der Waals surface area contributed by atoms with Crippen molar-refractivity contribution >= 4 is 16.9 Å². The zero-order valence-corrected chi connectivity index (χ0v) is 7.53. The highest BCUT2D eigenvalue weighted by atomic mass is 32.2. The first-order valence-corrected chi connectivity index (χ1v) is 4.36. The van der Waals surface area contributed by atoms with Crippen LogP contribution in [0.4, 0.5) is 0 Å². The zero-order chi connectivity index (χ0) is 7.98. The Bertz CT molecular complexity index is 102. The number of carbonyl (C=O) groups excluding carboxylic acids is 1. The lowest BCUT2D eigenvalue weighted by molar-refractivity contribution is -0.109. The summed E-state index contributed by atoms with van der Waals surface area (Å²) >= 11 is 1.31. The lowest BCUT2D eigenvalue weighted by atomic mass is 10.5. The summed E-state index contributed by atoms with van der Waals surface area (Å²) in [7, 11) is 0. The van der Waals surface area contributed by atoms with Gasteiger partial charge in [-0.25, -0.2) is 0 Å². The van der Waals surface area contributed by atoms with Crippen molar-refractivity contribution in [1.82, 2.24) is 0 Å². The first-order chi connectivity index (χ1) is 4.63. The molecule has 0 aromatic rings.